The lowest BCUT2D eigenvalue weighted by atomic mass is 10.1. The van der Waals surface area contributed by atoms with E-state index >= 15 is 0 Å². The van der Waals surface area contributed by atoms with Gasteiger partial charge < -0.3 is 19.5 Å². The number of rotatable bonds is 20. The van der Waals surface area contributed by atoms with Crippen molar-refractivity contribution in [3.8, 4) is 17.6 Å². The number of hydrogen-bond acceptors (Lipinski definition) is 10. The topological polar surface area (TPSA) is 132 Å². The predicted molar refractivity (Wildman–Crippen MR) is 177 cm³/mol. The number of aromatic hydroxyl groups is 1. The standard InChI is InChI=1S/C35H44N6O4/c1-3-35(43)45-26-11-9-7-5-6-8-10-25-44-32-21-22-33(34(42)27-32)40-39-29-15-13-28(14-16-29)37-38-30-17-19-31(20-18-30)41(4-2)24-12-23-36/h13-22,27,42H,3-12,24-26H2,1-2H3. The molecule has 0 radical (unpaired) electrons. The third-order valence-electron chi connectivity index (χ3n) is 7.05. The number of phenols is 1. The summed E-state index contributed by atoms with van der Waals surface area (Å²) in [6, 6.07) is 22.2. The largest absolute Gasteiger partial charge is 0.505 e. The van der Waals surface area contributed by atoms with Gasteiger partial charge in [-0.25, -0.2) is 0 Å². The molecule has 0 aliphatic carbocycles. The fraction of sp³-hybridized carbons (Fsp3) is 0.429. The van der Waals surface area contributed by atoms with Gasteiger partial charge in [-0.1, -0.05) is 39.0 Å². The number of ether oxygens (including phenoxy) is 2. The molecule has 45 heavy (non-hydrogen) atoms. The minimum absolute atomic E-state index is 0.00410. The van der Waals surface area contributed by atoms with Crippen LogP contribution in [0.2, 0.25) is 0 Å². The first-order valence-corrected chi connectivity index (χ1v) is 15.8. The number of unbranched alkanes of at least 4 members (excludes halogenated alkanes) is 6. The van der Waals surface area contributed by atoms with Crippen LogP contribution in [0.3, 0.4) is 0 Å². The molecule has 1 N–H and O–H groups in total. The maximum atomic E-state index is 11.1. The Morgan fingerprint density at radius 3 is 1.89 bits per heavy atom. The molecule has 0 bridgehead atoms. The van der Waals surface area contributed by atoms with Crippen LogP contribution in [0.4, 0.5) is 28.4 Å². The molecule has 10 heteroatoms. The lowest BCUT2D eigenvalue weighted by Gasteiger charge is -2.21. The highest BCUT2D eigenvalue weighted by Gasteiger charge is 2.05. The van der Waals surface area contributed by atoms with E-state index < -0.39 is 0 Å². The van der Waals surface area contributed by atoms with Crippen molar-refractivity contribution in [3.63, 3.8) is 0 Å². The second-order valence-corrected chi connectivity index (χ2v) is 10.5. The number of phenolic OH excluding ortho intramolecular Hbond substituents is 1. The molecular weight excluding hydrogens is 568 g/mol. The Morgan fingerprint density at radius 2 is 1.33 bits per heavy atom. The van der Waals surface area contributed by atoms with Crippen molar-refractivity contribution in [2.45, 2.75) is 71.6 Å². The highest BCUT2D eigenvalue weighted by atomic mass is 16.5. The molecular formula is C35H44N6O4. The number of esters is 1. The normalized spacial score (nSPS) is 11.1. The fourth-order valence-corrected chi connectivity index (χ4v) is 4.44. The van der Waals surface area contributed by atoms with Crippen LogP contribution in [0.25, 0.3) is 0 Å². The first kappa shape index (κ1) is 34.7. The van der Waals surface area contributed by atoms with Crippen LogP contribution in [0.5, 0.6) is 11.5 Å². The van der Waals surface area contributed by atoms with Crippen molar-refractivity contribution in [1.29, 1.82) is 5.26 Å². The number of hydrogen-bond donors (Lipinski definition) is 1. The average molecular weight is 613 g/mol. The molecule has 0 unspecified atom stereocenters. The molecule has 3 aromatic carbocycles. The third-order valence-corrected chi connectivity index (χ3v) is 7.05. The second-order valence-electron chi connectivity index (χ2n) is 10.5. The van der Waals surface area contributed by atoms with Crippen LogP contribution in [0.15, 0.2) is 87.2 Å². The first-order chi connectivity index (χ1) is 22.0. The van der Waals surface area contributed by atoms with Crippen molar-refractivity contribution < 1.29 is 19.4 Å². The quantitative estimate of drug-likeness (QED) is 0.0767. The lowest BCUT2D eigenvalue weighted by Crippen LogP contribution is -2.23. The van der Waals surface area contributed by atoms with Crippen LogP contribution in [-0.4, -0.2) is 37.4 Å². The first-order valence-electron chi connectivity index (χ1n) is 15.8. The fourth-order valence-electron chi connectivity index (χ4n) is 4.44. The molecule has 0 saturated carbocycles. The van der Waals surface area contributed by atoms with Gasteiger partial charge >= 0.3 is 5.97 Å². The minimum Gasteiger partial charge on any atom is -0.505 e. The van der Waals surface area contributed by atoms with E-state index in [0.29, 0.717) is 55.4 Å². The van der Waals surface area contributed by atoms with Crippen molar-refractivity contribution in [2.75, 3.05) is 31.2 Å². The Kier molecular flexibility index (Phi) is 15.6. The van der Waals surface area contributed by atoms with Crippen molar-refractivity contribution in [2.24, 2.45) is 20.5 Å². The van der Waals surface area contributed by atoms with Gasteiger partial charge in [-0.15, -0.1) is 5.11 Å². The molecule has 0 heterocycles. The van der Waals surface area contributed by atoms with E-state index in [2.05, 4.69) is 38.3 Å². The van der Waals surface area contributed by atoms with E-state index in [4.69, 9.17) is 14.7 Å². The Labute approximate surface area is 266 Å². The predicted octanol–water partition coefficient (Wildman–Crippen LogP) is 10.0. The molecule has 0 aliphatic heterocycles. The van der Waals surface area contributed by atoms with Crippen molar-refractivity contribution >= 4 is 34.4 Å². The maximum absolute atomic E-state index is 11.1. The Bertz CT molecular complexity index is 1400. The number of azo groups is 2. The van der Waals surface area contributed by atoms with Gasteiger partial charge in [0.25, 0.3) is 0 Å². The number of benzene rings is 3. The minimum atomic E-state index is -0.127. The SMILES string of the molecule is CCC(=O)OCCCCCCCCCOc1ccc(N=Nc2ccc(N=Nc3ccc(N(CC)CCC#N)cc3)cc2)c(O)c1. The van der Waals surface area contributed by atoms with Crippen molar-refractivity contribution in [3.05, 3.63) is 66.7 Å². The zero-order valence-electron chi connectivity index (χ0n) is 26.4. The van der Waals surface area contributed by atoms with E-state index in [-0.39, 0.29) is 11.7 Å². The highest BCUT2D eigenvalue weighted by Crippen LogP contribution is 2.32. The summed E-state index contributed by atoms with van der Waals surface area (Å²) in [6.07, 6.45) is 8.40. The summed E-state index contributed by atoms with van der Waals surface area (Å²) in [6.45, 7) is 6.51. The van der Waals surface area contributed by atoms with Gasteiger partial charge in [0, 0.05) is 31.3 Å². The summed E-state index contributed by atoms with van der Waals surface area (Å²) in [5.74, 6) is 0.473. The Hall–Kier alpha value is -4.78. The molecule has 0 atom stereocenters. The van der Waals surface area contributed by atoms with Gasteiger partial charge in [0.05, 0.1) is 42.8 Å². The summed E-state index contributed by atoms with van der Waals surface area (Å²) in [5.41, 5.74) is 3.44. The molecule has 3 rings (SSSR count). The van der Waals surface area contributed by atoms with Crippen LogP contribution in [0, 0.1) is 11.3 Å². The summed E-state index contributed by atoms with van der Waals surface area (Å²) in [4.78, 5) is 13.2. The van der Waals surface area contributed by atoms with Gasteiger partial charge in [0.1, 0.15) is 17.2 Å². The van der Waals surface area contributed by atoms with E-state index in [1.54, 1.807) is 49.4 Å². The van der Waals surface area contributed by atoms with Gasteiger partial charge in [-0.05, 0) is 80.4 Å². The monoisotopic (exact) mass is 612 g/mol. The van der Waals surface area contributed by atoms with Gasteiger partial charge in [0.2, 0.25) is 0 Å². The molecule has 0 aliphatic rings. The van der Waals surface area contributed by atoms with Crippen molar-refractivity contribution in [1.82, 2.24) is 0 Å². The van der Waals surface area contributed by atoms with Crippen LogP contribution in [-0.2, 0) is 9.53 Å². The molecule has 0 fully saturated rings. The van der Waals surface area contributed by atoms with Crippen LogP contribution < -0.4 is 9.64 Å². The molecule has 0 amide bonds. The summed E-state index contributed by atoms with van der Waals surface area (Å²) >= 11 is 0. The Balaban J connectivity index is 1.37. The second kappa shape index (κ2) is 20.2. The van der Waals surface area contributed by atoms with Crippen LogP contribution >= 0.6 is 0 Å². The zero-order chi connectivity index (χ0) is 32.1. The van der Waals surface area contributed by atoms with E-state index in [1.807, 2.05) is 24.3 Å². The number of nitriles is 1. The molecule has 3 aromatic rings. The lowest BCUT2D eigenvalue weighted by molar-refractivity contribution is -0.143. The third kappa shape index (κ3) is 13.2. The molecule has 0 aromatic heterocycles. The van der Waals surface area contributed by atoms with E-state index in [0.717, 1.165) is 62.9 Å². The molecule has 238 valence electrons. The van der Waals surface area contributed by atoms with Gasteiger partial charge in [-0.2, -0.15) is 20.6 Å². The highest BCUT2D eigenvalue weighted by molar-refractivity contribution is 5.68. The van der Waals surface area contributed by atoms with E-state index in [9.17, 15) is 9.90 Å². The summed E-state index contributed by atoms with van der Waals surface area (Å²) in [5, 5.41) is 36.2. The Morgan fingerprint density at radius 1 is 0.778 bits per heavy atom. The van der Waals surface area contributed by atoms with E-state index in [1.165, 1.54) is 0 Å². The van der Waals surface area contributed by atoms with Gasteiger partial charge in [0.15, 0.2) is 0 Å². The maximum Gasteiger partial charge on any atom is 0.305 e. The number of anilines is 1. The molecule has 0 saturated heterocycles. The average Bonchev–Trinajstić information content (AvgIpc) is 3.07. The summed E-state index contributed by atoms with van der Waals surface area (Å²) < 4.78 is 10.9. The number of carbonyl (C=O) groups excluding carboxylic acids is 1. The molecule has 10 nitrogen and oxygen atoms in total. The number of nitrogens with zero attached hydrogens (tertiary/aromatic N) is 6. The smallest absolute Gasteiger partial charge is 0.305 e. The summed E-state index contributed by atoms with van der Waals surface area (Å²) in [7, 11) is 0. The molecule has 0 spiro atoms. The number of carbonyl (C=O) groups is 1. The zero-order valence-corrected chi connectivity index (χ0v) is 26.4. The van der Waals surface area contributed by atoms with Crippen LogP contribution in [0.1, 0.15) is 71.6 Å². The van der Waals surface area contributed by atoms with Gasteiger partial charge in [-0.3, -0.25) is 4.79 Å².